The molecular formula is C13H21N5O2. The Bertz CT molecular complexity index is 547. The van der Waals surface area contributed by atoms with Gasteiger partial charge in [-0.2, -0.15) is 5.10 Å². The fraction of sp³-hybridized carbons (Fsp3) is 0.615. The Labute approximate surface area is 117 Å². The number of anilines is 1. The minimum Gasteiger partial charge on any atom is -0.409 e. The van der Waals surface area contributed by atoms with Gasteiger partial charge >= 0.3 is 0 Å². The highest BCUT2D eigenvalue weighted by molar-refractivity contribution is 6.04. The maximum Gasteiger partial charge on any atom is 0.229 e. The van der Waals surface area contributed by atoms with Gasteiger partial charge in [0.15, 0.2) is 5.84 Å². The second-order valence-electron chi connectivity index (χ2n) is 5.94. The van der Waals surface area contributed by atoms with Gasteiger partial charge in [0.25, 0.3) is 0 Å². The van der Waals surface area contributed by atoms with Gasteiger partial charge in [-0.05, 0) is 18.3 Å². The number of nitrogens with zero attached hydrogens (tertiary/aromatic N) is 3. The Kier molecular flexibility index (Phi) is 3.69. The molecule has 4 N–H and O–H groups in total. The lowest BCUT2D eigenvalue weighted by molar-refractivity contribution is -0.122. The van der Waals surface area contributed by atoms with E-state index in [0.717, 1.165) is 19.3 Å². The minimum atomic E-state index is -0.0703. The molecule has 0 radical (unpaired) electrons. The molecule has 110 valence electrons. The summed E-state index contributed by atoms with van der Waals surface area (Å²) in [7, 11) is 1.70. The van der Waals surface area contributed by atoms with E-state index in [-0.39, 0.29) is 23.1 Å². The summed E-state index contributed by atoms with van der Waals surface area (Å²) in [6.45, 7) is 4.22. The van der Waals surface area contributed by atoms with E-state index in [1.807, 2.05) is 0 Å². The van der Waals surface area contributed by atoms with E-state index in [9.17, 15) is 4.79 Å². The Morgan fingerprint density at radius 1 is 1.65 bits per heavy atom. The quantitative estimate of drug-likeness (QED) is 0.335. The van der Waals surface area contributed by atoms with Gasteiger partial charge in [0.1, 0.15) is 5.82 Å². The summed E-state index contributed by atoms with van der Waals surface area (Å²) in [5.41, 5.74) is 6.00. The van der Waals surface area contributed by atoms with Crippen molar-refractivity contribution in [2.45, 2.75) is 33.1 Å². The molecule has 1 unspecified atom stereocenters. The molecule has 1 fully saturated rings. The van der Waals surface area contributed by atoms with Gasteiger partial charge in [-0.15, -0.1) is 0 Å². The zero-order valence-corrected chi connectivity index (χ0v) is 12.1. The van der Waals surface area contributed by atoms with Gasteiger partial charge in [-0.25, -0.2) is 0 Å². The van der Waals surface area contributed by atoms with Crippen LogP contribution in [0, 0.1) is 11.3 Å². The van der Waals surface area contributed by atoms with Crippen LogP contribution in [-0.4, -0.2) is 26.7 Å². The molecule has 1 heterocycles. The minimum absolute atomic E-state index is 0.000544. The lowest BCUT2D eigenvalue weighted by Gasteiger charge is -2.26. The van der Waals surface area contributed by atoms with Crippen LogP contribution in [0.5, 0.6) is 0 Å². The molecule has 7 nitrogen and oxygen atoms in total. The summed E-state index contributed by atoms with van der Waals surface area (Å²) >= 11 is 0. The number of rotatable bonds is 3. The number of aromatic nitrogens is 2. The van der Waals surface area contributed by atoms with Crippen LogP contribution in [0.2, 0.25) is 0 Å². The number of amidine groups is 1. The SMILES string of the molecule is Cn1ncc(C(N)=NO)c1NC(=O)C1CCCC1(C)C. The van der Waals surface area contributed by atoms with Crippen molar-refractivity contribution in [1.29, 1.82) is 0 Å². The lowest BCUT2D eigenvalue weighted by Crippen LogP contribution is -2.32. The van der Waals surface area contributed by atoms with Crippen molar-refractivity contribution in [2.75, 3.05) is 5.32 Å². The van der Waals surface area contributed by atoms with Crippen LogP contribution in [-0.2, 0) is 11.8 Å². The Morgan fingerprint density at radius 2 is 2.35 bits per heavy atom. The first-order chi connectivity index (χ1) is 9.36. The van der Waals surface area contributed by atoms with Crippen molar-refractivity contribution in [3.63, 3.8) is 0 Å². The fourth-order valence-corrected chi connectivity index (χ4v) is 2.84. The van der Waals surface area contributed by atoms with E-state index < -0.39 is 0 Å². The smallest absolute Gasteiger partial charge is 0.229 e. The third-order valence-electron chi connectivity index (χ3n) is 4.14. The van der Waals surface area contributed by atoms with Crippen LogP contribution in [0.15, 0.2) is 11.4 Å². The summed E-state index contributed by atoms with van der Waals surface area (Å²) in [5.74, 6) is 0.313. The predicted octanol–water partition coefficient (Wildman–Crippen LogP) is 1.28. The molecule has 1 atom stereocenters. The van der Waals surface area contributed by atoms with Crippen molar-refractivity contribution in [1.82, 2.24) is 9.78 Å². The van der Waals surface area contributed by atoms with Gasteiger partial charge in [0.2, 0.25) is 5.91 Å². The van der Waals surface area contributed by atoms with E-state index in [2.05, 4.69) is 29.4 Å². The second kappa shape index (κ2) is 5.15. The summed E-state index contributed by atoms with van der Waals surface area (Å²) in [6.07, 6.45) is 4.45. The van der Waals surface area contributed by atoms with Gasteiger partial charge in [-0.1, -0.05) is 25.4 Å². The van der Waals surface area contributed by atoms with Gasteiger partial charge < -0.3 is 16.3 Å². The molecule has 1 aromatic rings. The number of hydrogen-bond acceptors (Lipinski definition) is 4. The maximum atomic E-state index is 12.4. The van der Waals surface area contributed by atoms with Crippen molar-refractivity contribution in [3.05, 3.63) is 11.8 Å². The van der Waals surface area contributed by atoms with E-state index in [4.69, 9.17) is 10.9 Å². The molecule has 1 saturated carbocycles. The molecule has 0 aromatic carbocycles. The zero-order chi connectivity index (χ0) is 14.9. The molecule has 1 amide bonds. The summed E-state index contributed by atoms with van der Waals surface area (Å²) in [6, 6.07) is 0. The van der Waals surface area contributed by atoms with Crippen LogP contribution in [0.1, 0.15) is 38.7 Å². The van der Waals surface area contributed by atoms with Crippen LogP contribution >= 0.6 is 0 Å². The normalized spacial score (nSPS) is 21.9. The van der Waals surface area contributed by atoms with Gasteiger partial charge in [0.05, 0.1) is 11.8 Å². The third-order valence-corrected chi connectivity index (χ3v) is 4.14. The third kappa shape index (κ3) is 2.48. The number of nitrogens with two attached hydrogens (primary N) is 1. The monoisotopic (exact) mass is 279 g/mol. The van der Waals surface area contributed by atoms with Crippen molar-refractivity contribution >= 4 is 17.6 Å². The number of carbonyl (C=O) groups excluding carboxylic acids is 1. The number of hydrogen-bond donors (Lipinski definition) is 3. The van der Waals surface area contributed by atoms with Gasteiger partial charge in [-0.3, -0.25) is 9.48 Å². The standard InChI is InChI=1S/C13H21N5O2/c1-13(2)6-4-5-9(13)12(19)16-11-8(10(14)17-20)7-15-18(11)3/h7,9,20H,4-6H2,1-3H3,(H2,14,17)(H,16,19). The average Bonchev–Trinajstić information content (AvgIpc) is 2.92. The molecule has 7 heteroatoms. The summed E-state index contributed by atoms with van der Waals surface area (Å²) in [4.78, 5) is 12.4. The molecule has 0 aliphatic heterocycles. The first kappa shape index (κ1) is 14.4. The second-order valence-corrected chi connectivity index (χ2v) is 5.94. The lowest BCUT2D eigenvalue weighted by atomic mass is 9.81. The number of carbonyl (C=O) groups is 1. The topological polar surface area (TPSA) is 106 Å². The number of nitrogens with one attached hydrogen (secondary N) is 1. The van der Waals surface area contributed by atoms with Crippen molar-refractivity contribution in [3.8, 4) is 0 Å². The fourth-order valence-electron chi connectivity index (χ4n) is 2.84. The first-order valence-electron chi connectivity index (χ1n) is 6.67. The van der Waals surface area contributed by atoms with Crippen LogP contribution in [0.4, 0.5) is 5.82 Å². The molecule has 0 saturated heterocycles. The van der Waals surface area contributed by atoms with Gasteiger partial charge in [0, 0.05) is 13.0 Å². The average molecular weight is 279 g/mol. The molecule has 20 heavy (non-hydrogen) atoms. The molecule has 0 spiro atoms. The summed E-state index contributed by atoms with van der Waals surface area (Å²) in [5, 5.41) is 18.6. The molecular weight excluding hydrogens is 258 g/mol. The van der Waals surface area contributed by atoms with Crippen LogP contribution < -0.4 is 11.1 Å². The maximum absolute atomic E-state index is 12.4. The van der Waals surface area contributed by atoms with Crippen LogP contribution in [0.25, 0.3) is 0 Å². The first-order valence-corrected chi connectivity index (χ1v) is 6.67. The van der Waals surface area contributed by atoms with Crippen LogP contribution in [0.3, 0.4) is 0 Å². The Hall–Kier alpha value is -2.05. The Morgan fingerprint density at radius 3 is 2.90 bits per heavy atom. The van der Waals surface area contributed by atoms with Crippen molar-refractivity contribution in [2.24, 2.45) is 29.3 Å². The summed E-state index contributed by atoms with van der Waals surface area (Å²) < 4.78 is 1.51. The molecule has 0 bridgehead atoms. The predicted molar refractivity (Wildman–Crippen MR) is 75.5 cm³/mol. The molecule has 1 aromatic heterocycles. The highest BCUT2D eigenvalue weighted by Gasteiger charge is 2.39. The molecule has 1 aliphatic rings. The zero-order valence-electron chi connectivity index (χ0n) is 12.1. The molecule has 2 rings (SSSR count). The largest absolute Gasteiger partial charge is 0.409 e. The highest BCUT2D eigenvalue weighted by Crippen LogP contribution is 2.43. The number of amides is 1. The van der Waals surface area contributed by atoms with E-state index in [1.165, 1.54) is 10.9 Å². The highest BCUT2D eigenvalue weighted by atomic mass is 16.4. The molecule has 1 aliphatic carbocycles. The van der Waals surface area contributed by atoms with E-state index in [0.29, 0.717) is 11.4 Å². The van der Waals surface area contributed by atoms with E-state index in [1.54, 1.807) is 7.05 Å². The number of oxime groups is 1. The van der Waals surface area contributed by atoms with E-state index >= 15 is 0 Å². The Balaban J connectivity index is 2.22. The van der Waals surface area contributed by atoms with Crippen molar-refractivity contribution < 1.29 is 10.0 Å². The number of aryl methyl sites for hydroxylation is 1.